The molecule has 0 aliphatic carbocycles. The topological polar surface area (TPSA) is 98.3 Å². The van der Waals surface area contributed by atoms with E-state index in [4.69, 9.17) is 4.74 Å². The molecule has 0 saturated carbocycles. The number of aromatic nitrogens is 1. The molecule has 1 atom stereocenters. The van der Waals surface area contributed by atoms with Crippen molar-refractivity contribution < 1.29 is 17.9 Å². The van der Waals surface area contributed by atoms with Gasteiger partial charge in [-0.2, -0.15) is 4.31 Å². The fraction of sp³-hybridized carbons (Fsp3) is 0.357. The largest absolute Gasteiger partial charge is 0.495 e. The molecule has 0 bridgehead atoms. The van der Waals surface area contributed by atoms with Crippen molar-refractivity contribution in [2.45, 2.75) is 24.4 Å². The quantitative estimate of drug-likeness (QED) is 0.479. The number of hydrogen-bond acceptors (Lipinski definition) is 8. The fourth-order valence-corrected chi connectivity index (χ4v) is 6.57. The van der Waals surface area contributed by atoms with Gasteiger partial charge in [-0.05, 0) is 31.7 Å². The lowest BCUT2D eigenvalue weighted by Crippen LogP contribution is -2.50. The number of anilines is 4. The predicted octanol–water partition coefficient (Wildman–Crippen LogP) is 3.14. The SMILES string of the molecule is COc1cc(Nc2cc3c(cn2)N(C)C(=O)C(C)N3Cc2ccccc2)ccc1S(=O)(=O)N1CCN(C)CC1. The van der Waals surface area contributed by atoms with Gasteiger partial charge >= 0.3 is 0 Å². The lowest BCUT2D eigenvalue weighted by atomic mass is 10.1. The molecule has 2 aromatic carbocycles. The van der Waals surface area contributed by atoms with Gasteiger partial charge in [0.05, 0.1) is 24.7 Å². The number of piperazine rings is 1. The van der Waals surface area contributed by atoms with E-state index >= 15 is 0 Å². The molecule has 2 aliphatic heterocycles. The highest BCUT2D eigenvalue weighted by Crippen LogP contribution is 2.38. The van der Waals surface area contributed by atoms with E-state index < -0.39 is 10.0 Å². The van der Waals surface area contributed by atoms with Gasteiger partial charge in [0.15, 0.2) is 0 Å². The van der Waals surface area contributed by atoms with Gasteiger partial charge in [-0.3, -0.25) is 4.79 Å². The molecule has 3 aromatic rings. The average molecular weight is 551 g/mol. The molecule has 1 saturated heterocycles. The van der Waals surface area contributed by atoms with Crippen molar-refractivity contribution in [3.05, 3.63) is 66.4 Å². The van der Waals surface area contributed by atoms with Gasteiger partial charge in [0.1, 0.15) is 22.5 Å². The maximum atomic E-state index is 13.3. The van der Waals surface area contributed by atoms with Crippen LogP contribution in [0.3, 0.4) is 0 Å². The Kier molecular flexibility index (Phi) is 7.48. The first kappa shape index (κ1) is 26.9. The summed E-state index contributed by atoms with van der Waals surface area (Å²) in [5.74, 6) is 0.836. The molecular formula is C28H34N6O4S. The van der Waals surface area contributed by atoms with Crippen molar-refractivity contribution in [3.8, 4) is 5.75 Å². The van der Waals surface area contributed by atoms with Gasteiger partial charge in [-0.25, -0.2) is 13.4 Å². The summed E-state index contributed by atoms with van der Waals surface area (Å²) >= 11 is 0. The lowest BCUT2D eigenvalue weighted by molar-refractivity contribution is -0.119. The van der Waals surface area contributed by atoms with Gasteiger partial charge in [0, 0.05) is 57.6 Å². The molecule has 5 rings (SSSR count). The lowest BCUT2D eigenvalue weighted by Gasteiger charge is -2.40. The second kappa shape index (κ2) is 10.8. The van der Waals surface area contributed by atoms with E-state index in [1.165, 1.54) is 11.4 Å². The number of methoxy groups -OCH3 is 1. The van der Waals surface area contributed by atoms with Crippen LogP contribution >= 0.6 is 0 Å². The van der Waals surface area contributed by atoms with E-state index in [2.05, 4.69) is 20.1 Å². The monoisotopic (exact) mass is 550 g/mol. The molecule has 0 radical (unpaired) electrons. The van der Waals surface area contributed by atoms with Crippen molar-refractivity contribution in [1.82, 2.24) is 14.2 Å². The number of likely N-dealkylation sites (N-methyl/N-ethyl adjacent to an activating group) is 2. The molecule has 206 valence electrons. The molecular weight excluding hydrogens is 516 g/mol. The number of nitrogens with one attached hydrogen (secondary N) is 1. The Morgan fingerprint density at radius 2 is 1.72 bits per heavy atom. The number of hydrogen-bond donors (Lipinski definition) is 1. The van der Waals surface area contributed by atoms with Crippen LogP contribution in [0.2, 0.25) is 0 Å². The standard InChI is InChI=1S/C28H34N6O4S/c1-20-28(35)32(3)24-18-29-27(17-23(24)34(20)19-21-8-6-5-7-9-21)30-22-10-11-26(25(16-22)38-4)39(36,37)33-14-12-31(2)13-15-33/h5-11,16-18,20H,12-15,19H2,1-4H3,(H,29,30). The van der Waals surface area contributed by atoms with Crippen LogP contribution in [0.15, 0.2) is 65.7 Å². The number of nitrogens with zero attached hydrogens (tertiary/aromatic N) is 5. The Balaban J connectivity index is 1.43. The highest BCUT2D eigenvalue weighted by molar-refractivity contribution is 7.89. The summed E-state index contributed by atoms with van der Waals surface area (Å²) in [6, 6.07) is 16.5. The Morgan fingerprint density at radius 1 is 1.00 bits per heavy atom. The molecule has 1 unspecified atom stereocenters. The first-order valence-corrected chi connectivity index (χ1v) is 14.3. The Bertz CT molecular complexity index is 1460. The third-order valence-electron chi connectivity index (χ3n) is 7.40. The predicted molar refractivity (Wildman–Crippen MR) is 152 cm³/mol. The van der Waals surface area contributed by atoms with E-state index in [-0.39, 0.29) is 22.6 Å². The zero-order chi connectivity index (χ0) is 27.7. The number of ether oxygens (including phenoxy) is 1. The number of rotatable bonds is 7. The summed E-state index contributed by atoms with van der Waals surface area (Å²) in [6.07, 6.45) is 1.68. The minimum Gasteiger partial charge on any atom is -0.495 e. The normalized spacial score (nSPS) is 18.7. The Labute approximate surface area is 229 Å². The number of fused-ring (bicyclic) bond motifs is 1. The molecule has 11 heteroatoms. The zero-order valence-corrected chi connectivity index (χ0v) is 23.5. The van der Waals surface area contributed by atoms with Crippen molar-refractivity contribution in [1.29, 1.82) is 0 Å². The summed E-state index contributed by atoms with van der Waals surface area (Å²) in [5, 5.41) is 3.28. The highest BCUT2D eigenvalue weighted by atomic mass is 32.2. The van der Waals surface area contributed by atoms with Crippen molar-refractivity contribution >= 4 is 38.8 Å². The smallest absolute Gasteiger partial charge is 0.249 e. The van der Waals surface area contributed by atoms with Crippen molar-refractivity contribution in [3.63, 3.8) is 0 Å². The number of benzene rings is 2. The number of carbonyl (C=O) groups excluding carboxylic acids is 1. The maximum absolute atomic E-state index is 13.3. The molecule has 3 heterocycles. The van der Waals surface area contributed by atoms with Crippen LogP contribution in [0, 0.1) is 0 Å². The molecule has 2 aliphatic rings. The molecule has 1 aromatic heterocycles. The summed E-state index contributed by atoms with van der Waals surface area (Å²) in [5.41, 5.74) is 3.35. The van der Waals surface area contributed by atoms with E-state index in [0.717, 1.165) is 16.9 Å². The Hall–Kier alpha value is -3.67. The van der Waals surface area contributed by atoms with E-state index in [1.807, 2.05) is 50.4 Å². The summed E-state index contributed by atoms with van der Waals surface area (Å²) in [7, 11) is 1.52. The maximum Gasteiger partial charge on any atom is 0.249 e. The molecule has 39 heavy (non-hydrogen) atoms. The van der Waals surface area contributed by atoms with Crippen LogP contribution < -0.4 is 19.9 Å². The molecule has 1 N–H and O–H groups in total. The Morgan fingerprint density at radius 3 is 2.41 bits per heavy atom. The van der Waals surface area contributed by atoms with E-state index in [1.54, 1.807) is 36.3 Å². The van der Waals surface area contributed by atoms with Gasteiger partial charge in [0.25, 0.3) is 0 Å². The highest BCUT2D eigenvalue weighted by Gasteiger charge is 2.34. The molecule has 1 amide bonds. The fourth-order valence-electron chi connectivity index (χ4n) is 5.01. The zero-order valence-electron chi connectivity index (χ0n) is 22.7. The summed E-state index contributed by atoms with van der Waals surface area (Å²) < 4.78 is 33.7. The second-order valence-corrected chi connectivity index (χ2v) is 11.8. The minimum absolute atomic E-state index is 0.00262. The molecule has 10 nitrogen and oxygen atoms in total. The third kappa shape index (κ3) is 5.29. The second-order valence-electron chi connectivity index (χ2n) is 9.94. The number of amides is 1. The van der Waals surface area contributed by atoms with Crippen LogP contribution in [0.1, 0.15) is 12.5 Å². The van der Waals surface area contributed by atoms with Gasteiger partial charge in [-0.1, -0.05) is 30.3 Å². The third-order valence-corrected chi connectivity index (χ3v) is 9.34. The molecule has 1 fully saturated rings. The first-order chi connectivity index (χ1) is 18.7. The molecule has 0 spiro atoms. The van der Waals surface area contributed by atoms with Crippen LogP contribution in [-0.2, 0) is 21.4 Å². The number of sulfonamides is 1. The van der Waals surface area contributed by atoms with Crippen LogP contribution in [0.5, 0.6) is 5.75 Å². The van der Waals surface area contributed by atoms with Crippen molar-refractivity contribution in [2.24, 2.45) is 0 Å². The average Bonchev–Trinajstić information content (AvgIpc) is 2.94. The van der Waals surface area contributed by atoms with Gasteiger partial charge < -0.3 is 24.8 Å². The van der Waals surface area contributed by atoms with E-state index in [0.29, 0.717) is 44.2 Å². The van der Waals surface area contributed by atoms with E-state index in [9.17, 15) is 13.2 Å². The van der Waals surface area contributed by atoms with Gasteiger partial charge in [0.2, 0.25) is 15.9 Å². The van der Waals surface area contributed by atoms with Gasteiger partial charge in [-0.15, -0.1) is 0 Å². The number of carbonyl (C=O) groups is 1. The summed E-state index contributed by atoms with van der Waals surface area (Å²) in [4.78, 5) is 23.5. The van der Waals surface area contributed by atoms with Crippen LogP contribution in [-0.4, -0.2) is 81.9 Å². The van der Waals surface area contributed by atoms with Crippen LogP contribution in [0.4, 0.5) is 22.9 Å². The van der Waals surface area contributed by atoms with Crippen LogP contribution in [0.25, 0.3) is 0 Å². The first-order valence-electron chi connectivity index (χ1n) is 12.9. The van der Waals surface area contributed by atoms with Crippen molar-refractivity contribution in [2.75, 3.05) is 62.5 Å². The minimum atomic E-state index is -3.69. The summed E-state index contributed by atoms with van der Waals surface area (Å²) in [6.45, 7) is 4.73. The number of pyridine rings is 1.